The van der Waals surface area contributed by atoms with Crippen LogP contribution in [0.5, 0.6) is 0 Å². The molecule has 1 unspecified atom stereocenters. The minimum Gasteiger partial charge on any atom is -0.350 e. The van der Waals surface area contributed by atoms with Crippen LogP contribution in [-0.4, -0.2) is 28.0 Å². The highest BCUT2D eigenvalue weighted by atomic mass is 35.5. The van der Waals surface area contributed by atoms with E-state index < -0.39 is 13.3 Å². The number of halogens is 1. The molecule has 0 saturated heterocycles. The molecule has 0 aliphatic heterocycles. The lowest BCUT2D eigenvalue weighted by Gasteiger charge is -2.19. The van der Waals surface area contributed by atoms with Crippen LogP contribution in [0.3, 0.4) is 0 Å². The van der Waals surface area contributed by atoms with E-state index in [1.165, 1.54) is 13.4 Å². The van der Waals surface area contributed by atoms with Crippen LogP contribution < -0.4 is 15.9 Å². The summed E-state index contributed by atoms with van der Waals surface area (Å²) in [5, 5.41) is 4.69. The maximum absolute atomic E-state index is 14.4. The molecule has 0 radical (unpaired) electrons. The molecule has 0 fully saturated rings. The standard InChI is InChI=1S/C23H22ClN4O3P/c1-14-8-15(2)10-18(9-14)32(30,31-3)22-19-11-16(24)4-5-20(19)28-21(22)23(29)26-12-17-6-7-25-13-27-17/h4-11,13,28H,12H2,1-3H3,(H,26,29). The Morgan fingerprint density at radius 1 is 1.16 bits per heavy atom. The monoisotopic (exact) mass is 468 g/mol. The summed E-state index contributed by atoms with van der Waals surface area (Å²) in [6.45, 7) is 4.05. The largest absolute Gasteiger partial charge is 0.350 e. The summed E-state index contributed by atoms with van der Waals surface area (Å²) in [5.74, 6) is -0.424. The number of benzene rings is 2. The first-order valence-corrected chi connectivity index (χ1v) is 11.9. The summed E-state index contributed by atoms with van der Waals surface area (Å²) < 4.78 is 20.1. The van der Waals surface area contributed by atoms with Crippen molar-refractivity contribution in [1.29, 1.82) is 0 Å². The predicted octanol–water partition coefficient (Wildman–Crippen LogP) is 4.03. The minimum atomic E-state index is -3.64. The predicted molar refractivity (Wildman–Crippen MR) is 126 cm³/mol. The van der Waals surface area contributed by atoms with Crippen LogP contribution in [0.25, 0.3) is 10.9 Å². The number of aromatic nitrogens is 3. The van der Waals surface area contributed by atoms with E-state index in [1.807, 2.05) is 32.0 Å². The Labute approximate surface area is 190 Å². The Kier molecular flexibility index (Phi) is 6.15. The van der Waals surface area contributed by atoms with Gasteiger partial charge in [0.25, 0.3) is 13.3 Å². The normalized spacial score (nSPS) is 13.1. The summed E-state index contributed by atoms with van der Waals surface area (Å²) in [7, 11) is -2.25. The van der Waals surface area contributed by atoms with E-state index >= 15 is 0 Å². The van der Waals surface area contributed by atoms with Crippen LogP contribution >= 0.6 is 19.0 Å². The molecule has 2 aromatic heterocycles. The summed E-state index contributed by atoms with van der Waals surface area (Å²) >= 11 is 6.25. The van der Waals surface area contributed by atoms with E-state index in [-0.39, 0.29) is 12.2 Å². The highest BCUT2D eigenvalue weighted by molar-refractivity contribution is 7.75. The fourth-order valence-electron chi connectivity index (χ4n) is 3.75. The van der Waals surface area contributed by atoms with E-state index in [2.05, 4.69) is 20.3 Å². The van der Waals surface area contributed by atoms with Crippen molar-refractivity contribution in [3.8, 4) is 0 Å². The molecule has 164 valence electrons. The SMILES string of the molecule is COP(=O)(c1cc(C)cc(C)c1)c1c(C(=O)NCc2ccncn2)[nH]c2ccc(Cl)cc12. The number of hydrogen-bond acceptors (Lipinski definition) is 5. The van der Waals surface area contributed by atoms with Crippen molar-refractivity contribution in [2.75, 3.05) is 7.11 Å². The van der Waals surface area contributed by atoms with Crippen molar-refractivity contribution in [2.45, 2.75) is 20.4 Å². The van der Waals surface area contributed by atoms with Gasteiger partial charge in [-0.1, -0.05) is 28.8 Å². The molecule has 2 aromatic carbocycles. The Bertz CT molecular complexity index is 1330. The number of H-pyrrole nitrogens is 1. The second-order valence-corrected chi connectivity index (χ2v) is 10.4. The Balaban J connectivity index is 1.87. The smallest absolute Gasteiger partial charge is 0.268 e. The maximum atomic E-state index is 14.4. The van der Waals surface area contributed by atoms with Gasteiger partial charge in [-0.05, 0) is 50.2 Å². The molecule has 0 saturated carbocycles. The van der Waals surface area contributed by atoms with Gasteiger partial charge in [0.2, 0.25) is 0 Å². The van der Waals surface area contributed by atoms with Gasteiger partial charge in [0, 0.05) is 34.5 Å². The second-order valence-electron chi connectivity index (χ2n) is 7.50. The van der Waals surface area contributed by atoms with Crippen LogP contribution in [0.1, 0.15) is 27.3 Å². The van der Waals surface area contributed by atoms with Gasteiger partial charge in [-0.25, -0.2) is 9.97 Å². The van der Waals surface area contributed by atoms with Gasteiger partial charge in [0.1, 0.15) is 12.0 Å². The molecule has 0 aliphatic rings. The molecule has 4 aromatic rings. The average molecular weight is 469 g/mol. The molecule has 4 rings (SSSR count). The van der Waals surface area contributed by atoms with E-state index in [4.69, 9.17) is 16.1 Å². The summed E-state index contributed by atoms with van der Waals surface area (Å²) in [4.78, 5) is 24.3. The molecular weight excluding hydrogens is 447 g/mol. The van der Waals surface area contributed by atoms with E-state index in [1.54, 1.807) is 30.5 Å². The van der Waals surface area contributed by atoms with Gasteiger partial charge in [-0.3, -0.25) is 9.36 Å². The number of nitrogens with zero attached hydrogens (tertiary/aromatic N) is 2. The Hall–Kier alpha value is -2.99. The molecule has 32 heavy (non-hydrogen) atoms. The van der Waals surface area contributed by atoms with Crippen LogP contribution in [-0.2, 0) is 15.6 Å². The van der Waals surface area contributed by atoms with Gasteiger partial charge in [-0.15, -0.1) is 0 Å². The van der Waals surface area contributed by atoms with Gasteiger partial charge in [-0.2, -0.15) is 0 Å². The third-order valence-corrected chi connectivity index (χ3v) is 7.87. The zero-order valence-corrected chi connectivity index (χ0v) is 19.5. The van der Waals surface area contributed by atoms with Gasteiger partial charge in [0.05, 0.1) is 17.5 Å². The van der Waals surface area contributed by atoms with Crippen molar-refractivity contribution in [3.63, 3.8) is 0 Å². The fraction of sp³-hybridized carbons (Fsp3) is 0.174. The number of aromatic amines is 1. The lowest BCUT2D eigenvalue weighted by atomic mass is 10.2. The third kappa shape index (κ3) is 4.19. The first kappa shape index (κ1) is 22.2. The highest BCUT2D eigenvalue weighted by Crippen LogP contribution is 2.47. The fourth-order valence-corrected chi connectivity index (χ4v) is 6.27. The van der Waals surface area contributed by atoms with Gasteiger partial charge >= 0.3 is 0 Å². The minimum absolute atomic E-state index is 0.167. The molecule has 7 nitrogen and oxygen atoms in total. The van der Waals surface area contributed by atoms with Crippen molar-refractivity contribution in [2.24, 2.45) is 0 Å². The number of fused-ring (bicyclic) bond motifs is 1. The number of carbonyl (C=O) groups excluding carboxylic acids is 1. The zero-order valence-electron chi connectivity index (χ0n) is 17.8. The zero-order chi connectivity index (χ0) is 22.9. The lowest BCUT2D eigenvalue weighted by Crippen LogP contribution is -2.30. The van der Waals surface area contributed by atoms with Gasteiger partial charge in [0.15, 0.2) is 0 Å². The average Bonchev–Trinajstić information content (AvgIpc) is 3.16. The topological polar surface area (TPSA) is 97.0 Å². The van der Waals surface area contributed by atoms with Crippen molar-refractivity contribution < 1.29 is 13.9 Å². The van der Waals surface area contributed by atoms with E-state index in [9.17, 15) is 9.36 Å². The van der Waals surface area contributed by atoms with Crippen LogP contribution in [0.15, 0.2) is 55.0 Å². The molecule has 9 heteroatoms. The number of hydrogen-bond donors (Lipinski definition) is 2. The molecule has 0 bridgehead atoms. The maximum Gasteiger partial charge on any atom is 0.268 e. The third-order valence-electron chi connectivity index (χ3n) is 5.13. The number of aryl methyl sites for hydroxylation is 2. The first-order chi connectivity index (χ1) is 15.3. The van der Waals surface area contributed by atoms with Crippen LogP contribution in [0, 0.1) is 13.8 Å². The summed E-state index contributed by atoms with van der Waals surface area (Å²) in [6.07, 6.45) is 3.01. The molecular formula is C23H22ClN4O3P. The van der Waals surface area contributed by atoms with Crippen LogP contribution in [0.2, 0.25) is 5.02 Å². The molecule has 0 aliphatic carbocycles. The molecule has 2 heterocycles. The quantitative estimate of drug-likeness (QED) is 0.416. The van der Waals surface area contributed by atoms with Crippen molar-refractivity contribution in [3.05, 3.63) is 82.5 Å². The van der Waals surface area contributed by atoms with E-state index in [0.29, 0.717) is 32.2 Å². The summed E-state index contributed by atoms with van der Waals surface area (Å²) in [5.41, 5.74) is 3.35. The van der Waals surface area contributed by atoms with Gasteiger partial charge < -0.3 is 14.8 Å². The number of carbonyl (C=O) groups is 1. The highest BCUT2D eigenvalue weighted by Gasteiger charge is 2.36. The Morgan fingerprint density at radius 3 is 2.56 bits per heavy atom. The Morgan fingerprint density at radius 2 is 1.91 bits per heavy atom. The molecule has 0 spiro atoms. The number of amides is 1. The first-order valence-electron chi connectivity index (χ1n) is 9.91. The number of rotatable bonds is 6. The van der Waals surface area contributed by atoms with Crippen LogP contribution in [0.4, 0.5) is 0 Å². The van der Waals surface area contributed by atoms with Crippen molar-refractivity contribution in [1.82, 2.24) is 20.3 Å². The van der Waals surface area contributed by atoms with E-state index in [0.717, 1.165) is 11.1 Å². The summed E-state index contributed by atoms with van der Waals surface area (Å²) in [6, 6.07) is 12.5. The molecule has 1 atom stereocenters. The molecule has 2 N–H and O–H groups in total. The lowest BCUT2D eigenvalue weighted by molar-refractivity contribution is 0.0947. The van der Waals surface area contributed by atoms with Crippen molar-refractivity contribution >= 4 is 46.4 Å². The second kappa shape index (κ2) is 8.87. The molecule has 1 amide bonds. The number of nitrogens with one attached hydrogen (secondary N) is 2.